The second kappa shape index (κ2) is 8.04. The first-order valence-electron chi connectivity index (χ1n) is 11.0. The van der Waals surface area contributed by atoms with E-state index in [-0.39, 0.29) is 0 Å². The summed E-state index contributed by atoms with van der Waals surface area (Å²) < 4.78 is 0. The molecule has 166 valence electrons. The molecular weight excluding hydrogens is 426 g/mol. The van der Waals surface area contributed by atoms with Crippen LogP contribution in [0.15, 0.2) is 67.4 Å². The maximum atomic E-state index is 4.85. The Bertz CT molecular complexity index is 1620. The fraction of sp³-hybridized carbons (Fsp3) is 0.120. The molecule has 0 amide bonds. The second-order valence-electron chi connectivity index (χ2n) is 8.30. The fourth-order valence-corrected chi connectivity index (χ4v) is 3.99. The number of nitrogens with one attached hydrogen (secondary N) is 3. The minimum atomic E-state index is 0.312. The first kappa shape index (κ1) is 20.0. The molecule has 3 N–H and O–H groups in total. The summed E-state index contributed by atoms with van der Waals surface area (Å²) in [6.45, 7) is 4.19. The summed E-state index contributed by atoms with van der Waals surface area (Å²) in [5.41, 5.74) is 7.33. The highest BCUT2D eigenvalue weighted by molar-refractivity contribution is 5.96. The van der Waals surface area contributed by atoms with Crippen molar-refractivity contribution in [2.75, 3.05) is 5.32 Å². The first-order valence-corrected chi connectivity index (χ1v) is 11.0. The highest BCUT2D eigenvalue weighted by Gasteiger charge is 2.17. The Morgan fingerprint density at radius 2 is 1.79 bits per heavy atom. The summed E-state index contributed by atoms with van der Waals surface area (Å²) in [7, 11) is 0. The molecule has 9 nitrogen and oxygen atoms in total. The van der Waals surface area contributed by atoms with Gasteiger partial charge in [-0.05, 0) is 44.2 Å². The zero-order valence-corrected chi connectivity index (χ0v) is 18.6. The molecule has 34 heavy (non-hydrogen) atoms. The number of imidazole rings is 1. The molecule has 6 aromatic heterocycles. The zero-order valence-electron chi connectivity index (χ0n) is 18.6. The van der Waals surface area contributed by atoms with Gasteiger partial charge in [-0.25, -0.2) is 4.98 Å². The Kier molecular flexibility index (Phi) is 4.72. The lowest BCUT2D eigenvalue weighted by Gasteiger charge is -2.10. The Morgan fingerprint density at radius 1 is 0.853 bits per heavy atom. The SMILES string of the molecule is CC(C)Nc1cncc(-c2cc3c(-c4nc5c(-c6ccccn6)nccc5[nH]4)n[nH]c3cn2)c1. The van der Waals surface area contributed by atoms with Gasteiger partial charge in [0.2, 0.25) is 0 Å². The number of aromatic amines is 2. The van der Waals surface area contributed by atoms with E-state index in [1.54, 1.807) is 18.6 Å². The van der Waals surface area contributed by atoms with Crippen molar-refractivity contribution in [3.8, 4) is 34.2 Å². The fourth-order valence-electron chi connectivity index (χ4n) is 3.99. The summed E-state index contributed by atoms with van der Waals surface area (Å²) in [5, 5.41) is 11.9. The molecule has 0 fully saturated rings. The van der Waals surface area contributed by atoms with E-state index in [4.69, 9.17) is 4.98 Å². The standard InChI is InChI=1S/C25H21N9/c1-14(2)30-16-9-15(11-26-12-16)20-10-17-21(13-29-20)33-34-22(17)25-31-19-6-8-28-23(24(19)32-25)18-5-3-4-7-27-18/h3-14,30H,1-2H3,(H,31,32)(H,33,34). The average Bonchev–Trinajstić information content (AvgIpc) is 3.48. The molecule has 0 saturated heterocycles. The quantitative estimate of drug-likeness (QED) is 0.346. The number of hydrogen-bond donors (Lipinski definition) is 3. The summed E-state index contributed by atoms with van der Waals surface area (Å²) in [6, 6.07) is 12.0. The molecule has 6 rings (SSSR count). The van der Waals surface area contributed by atoms with E-state index in [0.29, 0.717) is 17.6 Å². The molecule has 0 spiro atoms. The molecule has 0 aliphatic carbocycles. The molecule has 0 atom stereocenters. The topological polar surface area (TPSA) is 121 Å². The van der Waals surface area contributed by atoms with Crippen LogP contribution >= 0.6 is 0 Å². The maximum absolute atomic E-state index is 4.85. The summed E-state index contributed by atoms with van der Waals surface area (Å²) in [6.07, 6.45) is 8.91. The highest BCUT2D eigenvalue weighted by atomic mass is 15.1. The van der Waals surface area contributed by atoms with Crippen LogP contribution in [0.2, 0.25) is 0 Å². The van der Waals surface area contributed by atoms with E-state index in [0.717, 1.165) is 50.3 Å². The smallest absolute Gasteiger partial charge is 0.159 e. The Labute approximate surface area is 194 Å². The van der Waals surface area contributed by atoms with Crippen LogP contribution < -0.4 is 5.32 Å². The third kappa shape index (κ3) is 3.53. The van der Waals surface area contributed by atoms with E-state index in [1.165, 1.54) is 0 Å². The lowest BCUT2D eigenvalue weighted by Crippen LogP contribution is -2.09. The van der Waals surface area contributed by atoms with Crippen LogP contribution in [0.4, 0.5) is 5.69 Å². The Morgan fingerprint density at radius 3 is 2.65 bits per heavy atom. The van der Waals surface area contributed by atoms with Gasteiger partial charge in [-0.1, -0.05) is 6.07 Å². The van der Waals surface area contributed by atoms with Crippen LogP contribution in [0.25, 0.3) is 56.1 Å². The molecule has 6 aromatic rings. The van der Waals surface area contributed by atoms with Crippen LogP contribution in [-0.4, -0.2) is 46.1 Å². The number of nitrogens with zero attached hydrogens (tertiary/aromatic N) is 6. The van der Waals surface area contributed by atoms with Gasteiger partial charge in [0, 0.05) is 41.8 Å². The second-order valence-corrected chi connectivity index (χ2v) is 8.30. The molecule has 0 aliphatic heterocycles. The normalized spacial score (nSPS) is 11.5. The van der Waals surface area contributed by atoms with Crippen molar-refractivity contribution in [2.45, 2.75) is 19.9 Å². The summed E-state index contributed by atoms with van der Waals surface area (Å²) >= 11 is 0. The third-order valence-corrected chi connectivity index (χ3v) is 5.47. The van der Waals surface area contributed by atoms with E-state index >= 15 is 0 Å². The number of fused-ring (bicyclic) bond motifs is 2. The van der Waals surface area contributed by atoms with Crippen LogP contribution in [0.5, 0.6) is 0 Å². The van der Waals surface area contributed by atoms with Gasteiger partial charge in [-0.15, -0.1) is 0 Å². The number of rotatable bonds is 5. The van der Waals surface area contributed by atoms with Gasteiger partial charge in [0.15, 0.2) is 5.82 Å². The molecule has 0 unspecified atom stereocenters. The van der Waals surface area contributed by atoms with Crippen molar-refractivity contribution < 1.29 is 0 Å². The Balaban J connectivity index is 1.45. The predicted octanol–water partition coefficient (Wildman–Crippen LogP) is 4.84. The predicted molar refractivity (Wildman–Crippen MR) is 132 cm³/mol. The molecular formula is C25H21N9. The molecule has 6 heterocycles. The van der Waals surface area contributed by atoms with E-state index in [1.807, 2.05) is 48.8 Å². The lowest BCUT2D eigenvalue weighted by molar-refractivity contribution is 0.898. The van der Waals surface area contributed by atoms with Gasteiger partial charge >= 0.3 is 0 Å². The van der Waals surface area contributed by atoms with E-state index in [9.17, 15) is 0 Å². The van der Waals surface area contributed by atoms with Crippen LogP contribution in [0, 0.1) is 0 Å². The van der Waals surface area contributed by atoms with Crippen molar-refractivity contribution in [3.05, 3.63) is 67.4 Å². The number of pyridine rings is 4. The largest absolute Gasteiger partial charge is 0.382 e. The minimum absolute atomic E-state index is 0.312. The monoisotopic (exact) mass is 447 g/mol. The van der Waals surface area contributed by atoms with Gasteiger partial charge in [0.25, 0.3) is 0 Å². The third-order valence-electron chi connectivity index (χ3n) is 5.47. The maximum Gasteiger partial charge on any atom is 0.159 e. The minimum Gasteiger partial charge on any atom is -0.382 e. The van der Waals surface area contributed by atoms with Crippen molar-refractivity contribution in [3.63, 3.8) is 0 Å². The molecule has 0 bridgehead atoms. The van der Waals surface area contributed by atoms with Crippen LogP contribution in [0.3, 0.4) is 0 Å². The van der Waals surface area contributed by atoms with E-state index < -0.39 is 0 Å². The van der Waals surface area contributed by atoms with Crippen molar-refractivity contribution in [1.29, 1.82) is 0 Å². The molecule has 0 saturated carbocycles. The summed E-state index contributed by atoms with van der Waals surface area (Å²) in [5.74, 6) is 0.650. The lowest BCUT2D eigenvalue weighted by atomic mass is 10.1. The van der Waals surface area contributed by atoms with Crippen LogP contribution in [0.1, 0.15) is 13.8 Å². The zero-order chi connectivity index (χ0) is 23.1. The van der Waals surface area contributed by atoms with Crippen molar-refractivity contribution in [2.24, 2.45) is 0 Å². The number of aromatic nitrogens is 8. The molecule has 0 aromatic carbocycles. The molecule has 0 aliphatic rings. The van der Waals surface area contributed by atoms with Gasteiger partial charge in [-0.3, -0.25) is 25.0 Å². The van der Waals surface area contributed by atoms with Gasteiger partial charge in [-0.2, -0.15) is 5.10 Å². The first-order chi connectivity index (χ1) is 16.7. The Hall–Kier alpha value is -4.66. The number of H-pyrrole nitrogens is 2. The number of anilines is 1. The van der Waals surface area contributed by atoms with Gasteiger partial charge in [0.05, 0.1) is 34.3 Å². The van der Waals surface area contributed by atoms with Crippen molar-refractivity contribution in [1.82, 2.24) is 40.1 Å². The van der Waals surface area contributed by atoms with E-state index in [2.05, 4.69) is 54.3 Å². The average molecular weight is 448 g/mol. The summed E-state index contributed by atoms with van der Waals surface area (Å²) in [4.78, 5) is 26.2. The van der Waals surface area contributed by atoms with Crippen LogP contribution in [-0.2, 0) is 0 Å². The van der Waals surface area contributed by atoms with Gasteiger partial charge in [0.1, 0.15) is 16.9 Å². The molecule has 0 radical (unpaired) electrons. The highest BCUT2D eigenvalue weighted by Crippen LogP contribution is 2.31. The number of hydrogen-bond acceptors (Lipinski definition) is 7. The van der Waals surface area contributed by atoms with Gasteiger partial charge < -0.3 is 10.3 Å². The van der Waals surface area contributed by atoms with Crippen molar-refractivity contribution >= 4 is 27.6 Å². The molecule has 9 heteroatoms.